The number of rotatable bonds is 2. The lowest BCUT2D eigenvalue weighted by molar-refractivity contribution is 0.0998. The minimum absolute atomic E-state index is 0.187. The van der Waals surface area contributed by atoms with Gasteiger partial charge in [0.1, 0.15) is 11.6 Å². The van der Waals surface area contributed by atoms with Crippen molar-refractivity contribution in [2.45, 2.75) is 0 Å². The molecule has 0 aliphatic carbocycles. The molecule has 0 unspecified atom stereocenters. The molecule has 0 aromatic heterocycles. The number of Topliss-reactive ketones (excluding diaryl/α,β-unsaturated/α-hetero) is 1. The molecule has 13 heavy (non-hydrogen) atoms. The maximum atomic E-state index is 12.7. The van der Waals surface area contributed by atoms with Crippen molar-refractivity contribution in [3.63, 3.8) is 0 Å². The van der Waals surface area contributed by atoms with Gasteiger partial charge in [-0.1, -0.05) is 11.6 Å². The average molecular weight is 204 g/mol. The van der Waals surface area contributed by atoms with Crippen LogP contribution in [0.15, 0.2) is 12.1 Å². The minimum atomic E-state index is -0.681. The summed E-state index contributed by atoms with van der Waals surface area (Å²) >= 11 is 5.44. The number of hydrogen-bond acceptors (Lipinski definition) is 3. The molecule has 5 heteroatoms. The van der Waals surface area contributed by atoms with Crippen molar-refractivity contribution in [1.29, 1.82) is 0 Å². The molecule has 0 heterocycles. The van der Waals surface area contributed by atoms with Crippen LogP contribution in [0.25, 0.3) is 0 Å². The second-order valence-corrected chi connectivity index (χ2v) is 2.82. The maximum Gasteiger partial charge on any atom is 0.180 e. The molecular weight excluding hydrogens is 197 g/mol. The minimum Gasteiger partial charge on any atom is -0.506 e. The Morgan fingerprint density at radius 2 is 2.23 bits per heavy atom. The number of phenols is 1. The summed E-state index contributed by atoms with van der Waals surface area (Å²) in [5.74, 6) is -1.67. The van der Waals surface area contributed by atoms with E-state index in [4.69, 9.17) is 17.3 Å². The molecule has 1 rings (SSSR count). The van der Waals surface area contributed by atoms with Gasteiger partial charge in [-0.15, -0.1) is 0 Å². The summed E-state index contributed by atoms with van der Waals surface area (Å²) in [7, 11) is 0. The van der Waals surface area contributed by atoms with Crippen LogP contribution in [-0.4, -0.2) is 17.4 Å². The maximum absolute atomic E-state index is 12.7. The Balaban J connectivity index is 3.28. The molecule has 0 aliphatic rings. The fourth-order valence-electron chi connectivity index (χ4n) is 0.888. The molecule has 3 N–H and O–H groups in total. The first kappa shape index (κ1) is 9.95. The van der Waals surface area contributed by atoms with Gasteiger partial charge in [0.25, 0.3) is 0 Å². The lowest BCUT2D eigenvalue weighted by atomic mass is 10.1. The fourth-order valence-corrected chi connectivity index (χ4v) is 1.09. The van der Waals surface area contributed by atoms with Gasteiger partial charge in [-0.25, -0.2) is 4.39 Å². The highest BCUT2D eigenvalue weighted by Crippen LogP contribution is 2.28. The smallest absolute Gasteiger partial charge is 0.180 e. The highest BCUT2D eigenvalue weighted by atomic mass is 35.5. The van der Waals surface area contributed by atoms with Gasteiger partial charge >= 0.3 is 0 Å². The van der Waals surface area contributed by atoms with Crippen molar-refractivity contribution >= 4 is 17.4 Å². The normalized spacial score (nSPS) is 10.1. The van der Waals surface area contributed by atoms with Gasteiger partial charge in [0.2, 0.25) is 0 Å². The number of carbonyl (C=O) groups excluding carboxylic acids is 1. The quantitative estimate of drug-likeness (QED) is 0.713. The molecular formula is C8H7ClFNO2. The number of ketones is 1. The third-order valence-electron chi connectivity index (χ3n) is 1.51. The van der Waals surface area contributed by atoms with Gasteiger partial charge < -0.3 is 10.8 Å². The number of nitrogens with two attached hydrogens (primary N) is 1. The highest BCUT2D eigenvalue weighted by molar-refractivity contribution is 6.32. The number of phenolic OH excluding ortho intramolecular Hbond substituents is 1. The summed E-state index contributed by atoms with van der Waals surface area (Å²) in [6.45, 7) is -0.298. The predicted molar refractivity (Wildman–Crippen MR) is 46.5 cm³/mol. The zero-order valence-electron chi connectivity index (χ0n) is 6.55. The molecule has 0 aliphatic heterocycles. The van der Waals surface area contributed by atoms with E-state index < -0.39 is 17.3 Å². The fraction of sp³-hybridized carbons (Fsp3) is 0.125. The Morgan fingerprint density at radius 3 is 2.77 bits per heavy atom. The van der Waals surface area contributed by atoms with E-state index in [-0.39, 0.29) is 17.1 Å². The molecule has 0 amide bonds. The summed E-state index contributed by atoms with van der Waals surface area (Å²) in [5.41, 5.74) is 4.86. The van der Waals surface area contributed by atoms with Crippen LogP contribution in [0.2, 0.25) is 5.02 Å². The van der Waals surface area contributed by atoms with E-state index in [1.807, 2.05) is 0 Å². The monoisotopic (exact) mass is 203 g/mol. The van der Waals surface area contributed by atoms with Gasteiger partial charge in [-0.2, -0.15) is 0 Å². The number of carbonyl (C=O) groups is 1. The van der Waals surface area contributed by atoms with Crippen LogP contribution in [0.1, 0.15) is 10.4 Å². The van der Waals surface area contributed by atoms with Crippen LogP contribution in [0, 0.1) is 5.82 Å². The van der Waals surface area contributed by atoms with E-state index in [1.54, 1.807) is 0 Å². The van der Waals surface area contributed by atoms with E-state index >= 15 is 0 Å². The standard InChI is InChI=1S/C8H7ClFNO2/c9-6-2-4(10)1-5(8(6)13)7(12)3-11/h1-2,13H,3,11H2. The Labute approximate surface area is 78.9 Å². The van der Waals surface area contributed by atoms with Crippen molar-refractivity contribution in [2.24, 2.45) is 5.73 Å². The van der Waals surface area contributed by atoms with Crippen LogP contribution in [0.5, 0.6) is 5.75 Å². The average Bonchev–Trinajstić information content (AvgIpc) is 2.10. The van der Waals surface area contributed by atoms with Crippen LogP contribution in [0.3, 0.4) is 0 Å². The first-order chi connectivity index (χ1) is 6.06. The molecule has 0 saturated heterocycles. The Morgan fingerprint density at radius 1 is 1.62 bits per heavy atom. The molecule has 1 aromatic carbocycles. The largest absolute Gasteiger partial charge is 0.506 e. The Bertz CT molecular complexity index is 354. The van der Waals surface area contributed by atoms with Crippen molar-refractivity contribution in [3.8, 4) is 5.75 Å². The molecule has 0 radical (unpaired) electrons. The molecule has 0 spiro atoms. The lowest BCUT2D eigenvalue weighted by Gasteiger charge is -2.03. The number of hydrogen-bond donors (Lipinski definition) is 2. The zero-order valence-corrected chi connectivity index (χ0v) is 7.31. The SMILES string of the molecule is NCC(=O)c1cc(F)cc(Cl)c1O. The predicted octanol–water partition coefficient (Wildman–Crippen LogP) is 1.33. The molecule has 0 fully saturated rings. The number of benzene rings is 1. The second kappa shape index (κ2) is 3.72. The molecule has 0 bridgehead atoms. The Hall–Kier alpha value is -1.13. The summed E-state index contributed by atoms with van der Waals surface area (Å²) in [6, 6.07) is 1.82. The molecule has 1 aromatic rings. The van der Waals surface area contributed by atoms with Crippen LogP contribution in [0.4, 0.5) is 4.39 Å². The van der Waals surface area contributed by atoms with Gasteiger partial charge in [0.15, 0.2) is 5.78 Å². The third kappa shape index (κ3) is 1.96. The van der Waals surface area contributed by atoms with Crippen LogP contribution >= 0.6 is 11.6 Å². The summed E-state index contributed by atoms with van der Waals surface area (Å²) < 4.78 is 12.7. The van der Waals surface area contributed by atoms with E-state index in [0.29, 0.717) is 0 Å². The van der Waals surface area contributed by atoms with Crippen molar-refractivity contribution < 1.29 is 14.3 Å². The van der Waals surface area contributed by atoms with Gasteiger partial charge in [0.05, 0.1) is 17.1 Å². The number of aromatic hydroxyl groups is 1. The second-order valence-electron chi connectivity index (χ2n) is 2.41. The topological polar surface area (TPSA) is 63.3 Å². The van der Waals surface area contributed by atoms with Crippen LogP contribution < -0.4 is 5.73 Å². The highest BCUT2D eigenvalue weighted by Gasteiger charge is 2.13. The van der Waals surface area contributed by atoms with Crippen molar-refractivity contribution in [2.75, 3.05) is 6.54 Å². The molecule has 0 atom stereocenters. The third-order valence-corrected chi connectivity index (χ3v) is 1.80. The molecule has 70 valence electrons. The van der Waals surface area contributed by atoms with Gasteiger partial charge in [-0.3, -0.25) is 4.79 Å². The number of halogens is 2. The van der Waals surface area contributed by atoms with E-state index in [1.165, 1.54) is 0 Å². The molecule has 0 saturated carbocycles. The first-order valence-electron chi connectivity index (χ1n) is 3.47. The van der Waals surface area contributed by atoms with Gasteiger partial charge in [-0.05, 0) is 12.1 Å². The van der Waals surface area contributed by atoms with Crippen molar-refractivity contribution in [1.82, 2.24) is 0 Å². The zero-order chi connectivity index (χ0) is 10.0. The summed E-state index contributed by atoms with van der Waals surface area (Å²) in [4.78, 5) is 11.0. The Kier molecular flexibility index (Phi) is 2.85. The molecule has 3 nitrogen and oxygen atoms in total. The van der Waals surface area contributed by atoms with Crippen molar-refractivity contribution in [3.05, 3.63) is 28.5 Å². The summed E-state index contributed by atoms with van der Waals surface area (Å²) in [5, 5.41) is 9.05. The lowest BCUT2D eigenvalue weighted by Crippen LogP contribution is -2.14. The van der Waals surface area contributed by atoms with E-state index in [0.717, 1.165) is 12.1 Å². The first-order valence-corrected chi connectivity index (χ1v) is 3.85. The van der Waals surface area contributed by atoms with E-state index in [9.17, 15) is 14.3 Å². The van der Waals surface area contributed by atoms with Crippen LogP contribution in [-0.2, 0) is 0 Å². The summed E-state index contributed by atoms with van der Waals surface area (Å²) in [6.07, 6.45) is 0. The van der Waals surface area contributed by atoms with E-state index in [2.05, 4.69) is 0 Å². The van der Waals surface area contributed by atoms with Gasteiger partial charge in [0, 0.05) is 0 Å².